The van der Waals surface area contributed by atoms with Crippen LogP contribution >= 0.6 is 0 Å². The number of imidazole rings is 1. The number of fused-ring (bicyclic) bond motifs is 2. The van der Waals surface area contributed by atoms with Gasteiger partial charge in [-0.15, -0.1) is 0 Å². The summed E-state index contributed by atoms with van der Waals surface area (Å²) < 4.78 is 2.04. The topological polar surface area (TPSA) is 101 Å². The molecule has 0 aliphatic rings. The summed E-state index contributed by atoms with van der Waals surface area (Å²) in [6.45, 7) is 1.98. The second-order valence-electron chi connectivity index (χ2n) is 7.16. The van der Waals surface area contributed by atoms with E-state index in [9.17, 15) is 0 Å². The highest BCUT2D eigenvalue weighted by molar-refractivity contribution is 5.98. The normalized spacial score (nSPS) is 11.5. The van der Waals surface area contributed by atoms with Crippen molar-refractivity contribution in [3.63, 3.8) is 0 Å². The van der Waals surface area contributed by atoms with Crippen molar-refractivity contribution in [3.8, 4) is 28.2 Å². The van der Waals surface area contributed by atoms with E-state index in [1.807, 2.05) is 30.1 Å². The summed E-state index contributed by atoms with van der Waals surface area (Å²) in [4.78, 5) is 20.6. The van der Waals surface area contributed by atoms with Gasteiger partial charge < -0.3 is 9.55 Å². The molecule has 0 saturated carbocycles. The van der Waals surface area contributed by atoms with Crippen LogP contribution in [0.1, 0.15) is 5.69 Å². The van der Waals surface area contributed by atoms with Gasteiger partial charge >= 0.3 is 0 Å². The molecule has 0 aliphatic heterocycles. The lowest BCUT2D eigenvalue weighted by atomic mass is 10.1. The van der Waals surface area contributed by atoms with Crippen LogP contribution in [-0.2, 0) is 0 Å². The maximum absolute atomic E-state index is 4.50. The fourth-order valence-electron chi connectivity index (χ4n) is 3.76. The summed E-state index contributed by atoms with van der Waals surface area (Å²) in [7, 11) is 0. The van der Waals surface area contributed by atoms with Gasteiger partial charge in [0.05, 0.1) is 29.1 Å². The minimum atomic E-state index is 0.662. The van der Waals surface area contributed by atoms with Crippen molar-refractivity contribution in [2.24, 2.45) is 0 Å². The summed E-state index contributed by atoms with van der Waals surface area (Å²) in [5.41, 5.74) is 7.43. The van der Waals surface area contributed by atoms with E-state index in [0.717, 1.165) is 50.2 Å². The Morgan fingerprint density at radius 1 is 0.933 bits per heavy atom. The van der Waals surface area contributed by atoms with Crippen LogP contribution in [-0.4, -0.2) is 39.7 Å². The number of nitrogens with zero attached hydrogens (tertiary/aromatic N) is 6. The summed E-state index contributed by atoms with van der Waals surface area (Å²) in [6, 6.07) is 10.4. The minimum Gasteiger partial charge on any atom is -0.353 e. The second kappa shape index (κ2) is 6.35. The Balaban J connectivity index is 1.52. The lowest BCUT2D eigenvalue weighted by Crippen LogP contribution is -1.89. The van der Waals surface area contributed by atoms with Crippen molar-refractivity contribution < 1.29 is 0 Å². The number of benzene rings is 1. The van der Waals surface area contributed by atoms with Crippen molar-refractivity contribution in [3.05, 3.63) is 73.5 Å². The number of rotatable bonds is 3. The van der Waals surface area contributed by atoms with E-state index >= 15 is 0 Å². The fraction of sp³-hybridized carbons (Fsp3) is 0.0455. The molecular weight excluding hydrogens is 376 g/mol. The monoisotopic (exact) mass is 392 g/mol. The zero-order valence-corrected chi connectivity index (χ0v) is 16.0. The summed E-state index contributed by atoms with van der Waals surface area (Å²) in [5.74, 6) is 0. The Hall–Kier alpha value is -4.33. The molecule has 6 aromatic rings. The van der Waals surface area contributed by atoms with E-state index < -0.39 is 0 Å². The average molecular weight is 392 g/mol. The number of pyridine rings is 1. The molecule has 6 rings (SSSR count). The highest BCUT2D eigenvalue weighted by Gasteiger charge is 2.14. The van der Waals surface area contributed by atoms with Crippen LogP contribution in [0.25, 0.3) is 50.1 Å². The first-order chi connectivity index (χ1) is 14.8. The summed E-state index contributed by atoms with van der Waals surface area (Å²) >= 11 is 0. The third kappa shape index (κ3) is 2.58. The van der Waals surface area contributed by atoms with Gasteiger partial charge in [-0.3, -0.25) is 5.10 Å². The van der Waals surface area contributed by atoms with Crippen molar-refractivity contribution in [1.82, 2.24) is 39.7 Å². The van der Waals surface area contributed by atoms with Gasteiger partial charge in [-0.2, -0.15) is 5.10 Å². The molecule has 5 heterocycles. The molecule has 0 bridgehead atoms. The first kappa shape index (κ1) is 16.6. The first-order valence-corrected chi connectivity index (χ1v) is 9.49. The van der Waals surface area contributed by atoms with Gasteiger partial charge in [0.25, 0.3) is 0 Å². The second-order valence-corrected chi connectivity index (χ2v) is 7.16. The molecule has 144 valence electrons. The maximum atomic E-state index is 4.50. The Morgan fingerprint density at radius 2 is 1.83 bits per heavy atom. The van der Waals surface area contributed by atoms with Crippen molar-refractivity contribution in [2.75, 3.05) is 0 Å². The van der Waals surface area contributed by atoms with Crippen LogP contribution in [0, 0.1) is 6.92 Å². The molecular formula is C22H16N8. The average Bonchev–Trinajstić information content (AvgIpc) is 3.51. The Labute approximate surface area is 170 Å². The number of H-pyrrole nitrogens is 2. The zero-order chi connectivity index (χ0) is 20.1. The van der Waals surface area contributed by atoms with Crippen molar-refractivity contribution >= 4 is 21.9 Å². The zero-order valence-electron chi connectivity index (χ0n) is 16.0. The predicted molar refractivity (Wildman–Crippen MR) is 114 cm³/mol. The number of aryl methyl sites for hydroxylation is 1. The molecule has 0 saturated heterocycles. The van der Waals surface area contributed by atoms with Gasteiger partial charge in [0, 0.05) is 52.2 Å². The molecule has 0 aliphatic carbocycles. The molecule has 2 N–H and O–H groups in total. The number of aromatic nitrogens is 8. The predicted octanol–water partition coefficient (Wildman–Crippen LogP) is 4.06. The Kier molecular flexibility index (Phi) is 3.51. The van der Waals surface area contributed by atoms with Crippen LogP contribution in [0.2, 0.25) is 0 Å². The molecule has 1 aromatic carbocycles. The van der Waals surface area contributed by atoms with Gasteiger partial charge in [0.1, 0.15) is 6.33 Å². The van der Waals surface area contributed by atoms with E-state index in [2.05, 4.69) is 59.4 Å². The van der Waals surface area contributed by atoms with Gasteiger partial charge in [-0.05, 0) is 31.2 Å². The molecule has 0 atom stereocenters. The van der Waals surface area contributed by atoms with Crippen molar-refractivity contribution in [2.45, 2.75) is 6.92 Å². The molecule has 0 fully saturated rings. The van der Waals surface area contributed by atoms with E-state index in [-0.39, 0.29) is 0 Å². The lowest BCUT2D eigenvalue weighted by molar-refractivity contribution is 1.07. The minimum absolute atomic E-state index is 0.662. The van der Waals surface area contributed by atoms with Gasteiger partial charge in [0.2, 0.25) is 0 Å². The third-order valence-corrected chi connectivity index (χ3v) is 5.20. The summed E-state index contributed by atoms with van der Waals surface area (Å²) in [6.07, 6.45) is 10.7. The maximum Gasteiger partial charge on any atom is 0.181 e. The van der Waals surface area contributed by atoms with Crippen LogP contribution in [0.15, 0.2) is 67.8 Å². The lowest BCUT2D eigenvalue weighted by Gasteiger charge is -2.03. The molecule has 5 aromatic heterocycles. The highest BCUT2D eigenvalue weighted by Crippen LogP contribution is 2.32. The van der Waals surface area contributed by atoms with E-state index in [0.29, 0.717) is 5.65 Å². The number of hydrogen-bond donors (Lipinski definition) is 2. The smallest absolute Gasteiger partial charge is 0.181 e. The largest absolute Gasteiger partial charge is 0.353 e. The van der Waals surface area contributed by atoms with Gasteiger partial charge in [0.15, 0.2) is 5.65 Å². The molecule has 30 heavy (non-hydrogen) atoms. The number of aromatic amines is 2. The molecule has 0 spiro atoms. The van der Waals surface area contributed by atoms with Crippen LogP contribution < -0.4 is 0 Å². The molecule has 8 nitrogen and oxygen atoms in total. The Bertz CT molecular complexity index is 1510. The standard InChI is InChI=1S/C22H16N8/c1-13-10-30(12-26-13)20-4-2-3-18-16(20)6-19(27-18)21-17-5-14(9-25-22(17)29-28-21)15-7-23-11-24-8-15/h2-12,27H,1H3,(H,25,28,29). The molecule has 0 radical (unpaired) electrons. The SMILES string of the molecule is Cc1cn(-c2cccc3[nH]c(-c4[nH]nc5ncc(-c6cncnc6)cc45)cc23)cn1. The van der Waals surface area contributed by atoms with Crippen LogP contribution in [0.4, 0.5) is 0 Å². The van der Waals surface area contributed by atoms with Crippen LogP contribution in [0.5, 0.6) is 0 Å². The summed E-state index contributed by atoms with van der Waals surface area (Å²) in [5, 5.41) is 9.56. The molecule has 0 unspecified atom stereocenters. The van der Waals surface area contributed by atoms with Crippen molar-refractivity contribution in [1.29, 1.82) is 0 Å². The number of nitrogens with one attached hydrogen (secondary N) is 2. The highest BCUT2D eigenvalue weighted by atomic mass is 15.2. The van der Waals surface area contributed by atoms with E-state index in [1.165, 1.54) is 6.33 Å². The molecule has 0 amide bonds. The molecule has 8 heteroatoms. The fourth-order valence-corrected chi connectivity index (χ4v) is 3.76. The van der Waals surface area contributed by atoms with E-state index in [4.69, 9.17) is 0 Å². The van der Waals surface area contributed by atoms with E-state index in [1.54, 1.807) is 18.6 Å². The van der Waals surface area contributed by atoms with Crippen LogP contribution in [0.3, 0.4) is 0 Å². The number of hydrogen-bond acceptors (Lipinski definition) is 5. The Morgan fingerprint density at radius 3 is 2.67 bits per heavy atom. The quantitative estimate of drug-likeness (QED) is 0.473. The first-order valence-electron chi connectivity index (χ1n) is 9.49. The third-order valence-electron chi connectivity index (χ3n) is 5.20. The van der Waals surface area contributed by atoms with Gasteiger partial charge in [-0.1, -0.05) is 6.07 Å². The van der Waals surface area contributed by atoms with Gasteiger partial charge in [-0.25, -0.2) is 19.9 Å².